The van der Waals surface area contributed by atoms with Crippen LogP contribution in [-0.4, -0.2) is 12.5 Å². The normalized spacial score (nSPS) is 11.0. The first-order valence-electron chi connectivity index (χ1n) is 9.79. The Morgan fingerprint density at radius 3 is 2.62 bits per heavy atom. The van der Waals surface area contributed by atoms with E-state index in [0.717, 1.165) is 19.2 Å². The van der Waals surface area contributed by atoms with E-state index in [0.29, 0.717) is 24.3 Å². The monoisotopic (exact) mass is 604 g/mol. The van der Waals surface area contributed by atoms with E-state index in [1.807, 2.05) is 49.4 Å². The zero-order chi connectivity index (χ0) is 23.1. The molecule has 7 heteroatoms. The highest BCUT2D eigenvalue weighted by molar-refractivity contribution is 14.1. The Morgan fingerprint density at radius 1 is 1.22 bits per heavy atom. The van der Waals surface area contributed by atoms with Gasteiger partial charge in [0.15, 0.2) is 0 Å². The van der Waals surface area contributed by atoms with E-state index in [1.165, 1.54) is 24.3 Å². The smallest absolute Gasteiger partial charge is 0.266 e. The van der Waals surface area contributed by atoms with Crippen molar-refractivity contribution in [2.75, 3.05) is 11.9 Å². The molecule has 3 aromatic carbocycles. The Hall–Kier alpha value is -2.70. The molecule has 3 rings (SSSR count). The summed E-state index contributed by atoms with van der Waals surface area (Å²) in [4.78, 5) is 12.5. The lowest BCUT2D eigenvalue weighted by molar-refractivity contribution is -0.112. The van der Waals surface area contributed by atoms with Gasteiger partial charge < -0.3 is 10.1 Å². The van der Waals surface area contributed by atoms with Crippen molar-refractivity contribution >= 4 is 56.2 Å². The van der Waals surface area contributed by atoms with Gasteiger partial charge in [-0.2, -0.15) is 5.26 Å². The molecule has 3 aromatic rings. The SMILES string of the molecule is CCOc1cc(/C=C(\C#N)C(=O)Nc2ccccc2F)cc(I)c1Cc1ccccc1Br. The van der Waals surface area contributed by atoms with E-state index in [1.54, 1.807) is 6.07 Å². The van der Waals surface area contributed by atoms with Gasteiger partial charge in [0, 0.05) is 20.0 Å². The largest absolute Gasteiger partial charge is 0.494 e. The summed E-state index contributed by atoms with van der Waals surface area (Å²) in [5.74, 6) is -0.557. The van der Waals surface area contributed by atoms with E-state index >= 15 is 0 Å². The minimum atomic E-state index is -0.678. The van der Waals surface area contributed by atoms with Crippen LogP contribution in [0.5, 0.6) is 5.75 Å². The molecule has 0 fully saturated rings. The zero-order valence-electron chi connectivity index (χ0n) is 17.2. The molecule has 0 bridgehead atoms. The fourth-order valence-corrected chi connectivity index (χ4v) is 4.31. The maximum absolute atomic E-state index is 13.8. The van der Waals surface area contributed by atoms with Crippen molar-refractivity contribution in [1.82, 2.24) is 0 Å². The van der Waals surface area contributed by atoms with Gasteiger partial charge in [-0.15, -0.1) is 0 Å². The molecule has 0 saturated heterocycles. The number of nitrogens with one attached hydrogen (secondary N) is 1. The highest BCUT2D eigenvalue weighted by atomic mass is 127. The summed E-state index contributed by atoms with van der Waals surface area (Å²) >= 11 is 5.82. The van der Waals surface area contributed by atoms with Gasteiger partial charge in [0.25, 0.3) is 5.91 Å². The Balaban J connectivity index is 1.93. The average Bonchev–Trinajstić information content (AvgIpc) is 2.77. The first-order valence-corrected chi connectivity index (χ1v) is 11.7. The number of hydrogen-bond acceptors (Lipinski definition) is 3. The molecule has 32 heavy (non-hydrogen) atoms. The Kier molecular flexibility index (Phi) is 8.42. The Morgan fingerprint density at radius 2 is 1.94 bits per heavy atom. The van der Waals surface area contributed by atoms with Gasteiger partial charge in [-0.3, -0.25) is 4.79 Å². The summed E-state index contributed by atoms with van der Waals surface area (Å²) < 4.78 is 21.7. The van der Waals surface area contributed by atoms with Crippen molar-refractivity contribution in [2.45, 2.75) is 13.3 Å². The first-order chi connectivity index (χ1) is 15.4. The number of benzene rings is 3. The molecule has 0 aliphatic rings. The number of halogens is 3. The average molecular weight is 605 g/mol. The third kappa shape index (κ3) is 5.96. The standard InChI is InChI=1S/C25H19BrFIN2O2/c1-2-32-24-13-16(12-22(28)19(24)14-17-7-3-4-8-20(17)26)11-18(15-29)25(31)30-23-10-6-5-9-21(23)27/h3-13H,2,14H2,1H3,(H,30,31)/b18-11+. The van der Waals surface area contributed by atoms with E-state index in [4.69, 9.17) is 4.74 Å². The number of anilines is 1. The fourth-order valence-electron chi connectivity index (χ4n) is 3.07. The summed E-state index contributed by atoms with van der Waals surface area (Å²) in [6.07, 6.45) is 2.14. The van der Waals surface area contributed by atoms with Crippen LogP contribution in [0.4, 0.5) is 10.1 Å². The highest BCUT2D eigenvalue weighted by Crippen LogP contribution is 2.31. The van der Waals surface area contributed by atoms with Crippen molar-refractivity contribution < 1.29 is 13.9 Å². The van der Waals surface area contributed by atoms with Crippen LogP contribution in [-0.2, 0) is 11.2 Å². The van der Waals surface area contributed by atoms with Crippen molar-refractivity contribution in [2.24, 2.45) is 0 Å². The summed E-state index contributed by atoms with van der Waals surface area (Å²) in [5, 5.41) is 12.0. The van der Waals surface area contributed by atoms with Crippen LogP contribution in [0, 0.1) is 20.7 Å². The van der Waals surface area contributed by atoms with Crippen molar-refractivity contribution in [3.8, 4) is 11.8 Å². The lowest BCUT2D eigenvalue weighted by atomic mass is 10.0. The minimum Gasteiger partial charge on any atom is -0.494 e. The molecular weight excluding hydrogens is 586 g/mol. The molecule has 0 aliphatic heterocycles. The van der Waals surface area contributed by atoms with E-state index < -0.39 is 11.7 Å². The summed E-state index contributed by atoms with van der Waals surface area (Å²) in [7, 11) is 0. The second-order valence-corrected chi connectivity index (χ2v) is 8.80. The molecule has 4 nitrogen and oxygen atoms in total. The highest BCUT2D eigenvalue weighted by Gasteiger charge is 2.15. The topological polar surface area (TPSA) is 62.1 Å². The van der Waals surface area contributed by atoms with Gasteiger partial charge in [-0.05, 0) is 77.0 Å². The van der Waals surface area contributed by atoms with Crippen molar-refractivity contribution in [3.05, 3.63) is 96.8 Å². The Labute approximate surface area is 208 Å². The van der Waals surface area contributed by atoms with Gasteiger partial charge in [0.05, 0.1) is 12.3 Å². The number of ether oxygens (including phenoxy) is 1. The molecule has 0 aromatic heterocycles. The number of carbonyl (C=O) groups is 1. The van der Waals surface area contributed by atoms with Crippen LogP contribution in [0.3, 0.4) is 0 Å². The molecule has 0 saturated carbocycles. The van der Waals surface area contributed by atoms with Crippen LogP contribution in [0.1, 0.15) is 23.6 Å². The van der Waals surface area contributed by atoms with Gasteiger partial charge in [0.1, 0.15) is 23.2 Å². The molecule has 1 amide bonds. The molecule has 0 atom stereocenters. The number of para-hydroxylation sites is 1. The maximum atomic E-state index is 13.8. The van der Waals surface area contributed by atoms with E-state index in [9.17, 15) is 14.4 Å². The lowest BCUT2D eigenvalue weighted by Crippen LogP contribution is -2.14. The molecule has 0 aliphatic carbocycles. The predicted molar refractivity (Wildman–Crippen MR) is 136 cm³/mol. The number of rotatable bonds is 7. The fraction of sp³-hybridized carbons (Fsp3) is 0.120. The van der Waals surface area contributed by atoms with E-state index in [-0.39, 0.29) is 11.3 Å². The molecule has 0 radical (unpaired) electrons. The summed E-state index contributed by atoms with van der Waals surface area (Å²) in [6, 6.07) is 19.4. The number of nitrogens with zero attached hydrogens (tertiary/aromatic N) is 1. The van der Waals surface area contributed by atoms with E-state index in [2.05, 4.69) is 43.8 Å². The molecule has 1 N–H and O–H groups in total. The zero-order valence-corrected chi connectivity index (χ0v) is 20.9. The molecule has 0 unspecified atom stereocenters. The van der Waals surface area contributed by atoms with Gasteiger partial charge >= 0.3 is 0 Å². The molecule has 0 heterocycles. The minimum absolute atomic E-state index is 0.0204. The second kappa shape index (κ2) is 11.2. The predicted octanol–water partition coefficient (Wildman–Crippen LogP) is 6.73. The lowest BCUT2D eigenvalue weighted by Gasteiger charge is -2.15. The third-order valence-corrected chi connectivity index (χ3v) is 6.34. The summed E-state index contributed by atoms with van der Waals surface area (Å²) in [5.41, 5.74) is 2.67. The summed E-state index contributed by atoms with van der Waals surface area (Å²) in [6.45, 7) is 2.38. The number of nitriles is 1. The van der Waals surface area contributed by atoms with Gasteiger partial charge in [-0.25, -0.2) is 4.39 Å². The molecule has 0 spiro atoms. The molecular formula is C25H19BrFIN2O2. The number of carbonyl (C=O) groups excluding carboxylic acids is 1. The third-order valence-electron chi connectivity index (χ3n) is 4.60. The van der Waals surface area contributed by atoms with Crippen molar-refractivity contribution in [3.63, 3.8) is 0 Å². The van der Waals surface area contributed by atoms with Crippen LogP contribution < -0.4 is 10.1 Å². The van der Waals surface area contributed by atoms with Crippen LogP contribution >= 0.6 is 38.5 Å². The van der Waals surface area contributed by atoms with Gasteiger partial charge in [-0.1, -0.05) is 46.3 Å². The Bertz CT molecular complexity index is 1220. The number of amides is 1. The van der Waals surface area contributed by atoms with Gasteiger partial charge in [0.2, 0.25) is 0 Å². The second-order valence-electron chi connectivity index (χ2n) is 6.78. The van der Waals surface area contributed by atoms with Crippen LogP contribution in [0.2, 0.25) is 0 Å². The first kappa shape index (κ1) is 24.0. The van der Waals surface area contributed by atoms with Crippen LogP contribution in [0.15, 0.2) is 70.7 Å². The maximum Gasteiger partial charge on any atom is 0.266 e. The van der Waals surface area contributed by atoms with Crippen LogP contribution in [0.25, 0.3) is 6.08 Å². The quantitative estimate of drug-likeness (QED) is 0.185. The number of hydrogen-bond donors (Lipinski definition) is 1. The van der Waals surface area contributed by atoms with Crippen molar-refractivity contribution in [1.29, 1.82) is 5.26 Å². The molecule has 162 valence electrons.